The minimum absolute atomic E-state index is 0.137. The maximum Gasteiger partial charge on any atom is 0.305 e. The largest absolute Gasteiger partial charge is 0.463 e. The van der Waals surface area contributed by atoms with Gasteiger partial charge in [0.05, 0.1) is 19.8 Å². The molecule has 4 nitrogen and oxygen atoms in total. The van der Waals surface area contributed by atoms with Crippen molar-refractivity contribution in [2.24, 2.45) is 0 Å². The van der Waals surface area contributed by atoms with Crippen LogP contribution in [0.15, 0.2) is 91.0 Å². The van der Waals surface area contributed by atoms with Crippen molar-refractivity contribution >= 4 is 5.97 Å². The number of rotatable bonds is 17. The summed E-state index contributed by atoms with van der Waals surface area (Å²) in [6.07, 6.45) is 7.44. The van der Waals surface area contributed by atoms with E-state index in [2.05, 4.69) is 43.3 Å². The summed E-state index contributed by atoms with van der Waals surface area (Å²) in [6, 6.07) is 30.9. The van der Waals surface area contributed by atoms with Gasteiger partial charge in [-0.15, -0.1) is 0 Å². The maximum atomic E-state index is 11.9. The number of esters is 1. The Morgan fingerprint density at radius 2 is 1.08 bits per heavy atom. The van der Waals surface area contributed by atoms with E-state index in [0.717, 1.165) is 29.5 Å². The fourth-order valence-corrected chi connectivity index (χ4v) is 4.46. The van der Waals surface area contributed by atoms with Gasteiger partial charge >= 0.3 is 5.97 Å². The van der Waals surface area contributed by atoms with Crippen molar-refractivity contribution in [3.63, 3.8) is 0 Å². The van der Waals surface area contributed by atoms with E-state index in [1.165, 1.54) is 25.7 Å². The van der Waals surface area contributed by atoms with Crippen LogP contribution in [0, 0.1) is 0 Å². The van der Waals surface area contributed by atoms with Gasteiger partial charge in [-0.25, -0.2) is 0 Å². The van der Waals surface area contributed by atoms with Gasteiger partial charge in [-0.2, -0.15) is 0 Å². The summed E-state index contributed by atoms with van der Waals surface area (Å²) in [4.78, 5) is 11.9. The normalized spacial score (nSPS) is 11.4. The molecule has 0 saturated heterocycles. The lowest BCUT2D eigenvalue weighted by atomic mass is 9.80. The molecule has 0 saturated carbocycles. The summed E-state index contributed by atoms with van der Waals surface area (Å²) in [5.74, 6) is -0.137. The molecule has 36 heavy (non-hydrogen) atoms. The van der Waals surface area contributed by atoms with E-state index in [9.17, 15) is 4.79 Å². The summed E-state index contributed by atoms with van der Waals surface area (Å²) >= 11 is 0. The molecule has 0 fully saturated rings. The zero-order valence-corrected chi connectivity index (χ0v) is 21.6. The zero-order valence-electron chi connectivity index (χ0n) is 21.6. The Kier molecular flexibility index (Phi) is 12.2. The fraction of sp³-hybridized carbons (Fsp3) is 0.406. The number of carbonyl (C=O) groups is 1. The Morgan fingerprint density at radius 1 is 0.611 bits per heavy atom. The van der Waals surface area contributed by atoms with Crippen LogP contribution in [0.1, 0.15) is 68.6 Å². The van der Waals surface area contributed by atoms with Crippen LogP contribution >= 0.6 is 0 Å². The van der Waals surface area contributed by atoms with Crippen molar-refractivity contribution in [3.8, 4) is 0 Å². The molecule has 3 aromatic rings. The Bertz CT molecular complexity index is 876. The topological polar surface area (TPSA) is 44.8 Å². The quantitative estimate of drug-likeness (QED) is 0.114. The Labute approximate surface area is 216 Å². The highest BCUT2D eigenvalue weighted by Crippen LogP contribution is 2.40. The van der Waals surface area contributed by atoms with Gasteiger partial charge < -0.3 is 14.2 Å². The van der Waals surface area contributed by atoms with Crippen LogP contribution in [0.2, 0.25) is 0 Å². The number of carbonyl (C=O) groups excluding carboxylic acids is 1. The van der Waals surface area contributed by atoms with Gasteiger partial charge in [0.1, 0.15) is 12.2 Å². The molecular weight excluding hydrogens is 448 g/mol. The predicted molar refractivity (Wildman–Crippen MR) is 145 cm³/mol. The highest BCUT2D eigenvalue weighted by molar-refractivity contribution is 5.69. The van der Waals surface area contributed by atoms with E-state index in [0.29, 0.717) is 26.2 Å². The summed E-state index contributed by atoms with van der Waals surface area (Å²) in [7, 11) is 0. The Balaban J connectivity index is 1.52. The van der Waals surface area contributed by atoms with Crippen LogP contribution in [0.25, 0.3) is 0 Å². The number of ether oxygens (including phenoxy) is 3. The van der Waals surface area contributed by atoms with Crippen molar-refractivity contribution in [2.75, 3.05) is 26.4 Å². The van der Waals surface area contributed by atoms with E-state index < -0.39 is 5.60 Å². The second-order valence-electron chi connectivity index (χ2n) is 8.98. The van der Waals surface area contributed by atoms with Crippen molar-refractivity contribution in [2.45, 2.75) is 57.5 Å². The van der Waals surface area contributed by atoms with Gasteiger partial charge in [0, 0.05) is 6.42 Å². The lowest BCUT2D eigenvalue weighted by Gasteiger charge is -2.36. The standard InChI is InChI=1S/C32H40O4/c1-2-3-4-5-6-16-23-31(33)35-26-24-34-25-27-36-32(28-17-10-7-11-18-28,29-19-12-8-13-20-29)30-21-14-9-15-22-30/h7-15,17-22H,2-6,16,23-27H2,1H3. The van der Waals surface area contributed by atoms with Crippen LogP contribution in [0.4, 0.5) is 0 Å². The minimum atomic E-state index is -0.753. The molecule has 0 heterocycles. The van der Waals surface area contributed by atoms with E-state index in [1.54, 1.807) is 0 Å². The smallest absolute Gasteiger partial charge is 0.305 e. The highest BCUT2D eigenvalue weighted by atomic mass is 16.6. The molecule has 0 aliphatic rings. The Morgan fingerprint density at radius 3 is 1.61 bits per heavy atom. The predicted octanol–water partition coefficient (Wildman–Crippen LogP) is 7.31. The van der Waals surface area contributed by atoms with Crippen molar-refractivity contribution < 1.29 is 19.0 Å². The van der Waals surface area contributed by atoms with E-state index >= 15 is 0 Å². The van der Waals surface area contributed by atoms with Crippen LogP contribution < -0.4 is 0 Å². The van der Waals surface area contributed by atoms with Gasteiger partial charge in [0.25, 0.3) is 0 Å². The summed E-state index contributed by atoms with van der Waals surface area (Å²) in [5, 5.41) is 0. The van der Waals surface area contributed by atoms with Crippen LogP contribution in [0.3, 0.4) is 0 Å². The second-order valence-corrected chi connectivity index (χ2v) is 8.98. The van der Waals surface area contributed by atoms with E-state index in [1.807, 2.05) is 54.6 Å². The average Bonchev–Trinajstić information content (AvgIpc) is 2.94. The van der Waals surface area contributed by atoms with Gasteiger partial charge in [-0.05, 0) is 23.1 Å². The lowest BCUT2D eigenvalue weighted by Crippen LogP contribution is -2.34. The van der Waals surface area contributed by atoms with Gasteiger partial charge in [0.15, 0.2) is 0 Å². The first-order valence-electron chi connectivity index (χ1n) is 13.3. The van der Waals surface area contributed by atoms with Gasteiger partial charge in [-0.3, -0.25) is 4.79 Å². The monoisotopic (exact) mass is 488 g/mol. The Hall–Kier alpha value is -2.95. The molecule has 0 spiro atoms. The number of hydrogen-bond acceptors (Lipinski definition) is 4. The fourth-order valence-electron chi connectivity index (χ4n) is 4.46. The summed E-state index contributed by atoms with van der Waals surface area (Å²) < 4.78 is 17.8. The van der Waals surface area contributed by atoms with Gasteiger partial charge in [0.2, 0.25) is 0 Å². The highest BCUT2D eigenvalue weighted by Gasteiger charge is 2.37. The molecule has 0 amide bonds. The first kappa shape index (κ1) is 27.6. The SMILES string of the molecule is CCCCCCCCC(=O)OCCOCCOC(c1ccccc1)(c1ccccc1)c1ccccc1. The molecule has 0 atom stereocenters. The third kappa shape index (κ3) is 8.32. The summed E-state index contributed by atoms with van der Waals surface area (Å²) in [6.45, 7) is 3.64. The molecule has 0 N–H and O–H groups in total. The lowest BCUT2D eigenvalue weighted by molar-refractivity contribution is -0.145. The van der Waals surface area contributed by atoms with Crippen LogP contribution in [-0.2, 0) is 24.6 Å². The number of hydrogen-bond donors (Lipinski definition) is 0. The van der Waals surface area contributed by atoms with Crippen molar-refractivity contribution in [1.29, 1.82) is 0 Å². The zero-order chi connectivity index (χ0) is 25.3. The molecule has 0 radical (unpaired) electrons. The maximum absolute atomic E-state index is 11.9. The molecule has 0 aliphatic heterocycles. The van der Waals surface area contributed by atoms with Crippen molar-refractivity contribution in [3.05, 3.63) is 108 Å². The number of unbranched alkanes of at least 4 members (excludes halogenated alkanes) is 5. The van der Waals surface area contributed by atoms with Crippen LogP contribution in [0.5, 0.6) is 0 Å². The molecule has 0 unspecified atom stereocenters. The molecular formula is C32H40O4. The van der Waals surface area contributed by atoms with Crippen molar-refractivity contribution in [1.82, 2.24) is 0 Å². The van der Waals surface area contributed by atoms with Gasteiger partial charge in [-0.1, -0.05) is 130 Å². The molecule has 0 aliphatic carbocycles. The minimum Gasteiger partial charge on any atom is -0.463 e. The first-order chi connectivity index (χ1) is 17.8. The first-order valence-corrected chi connectivity index (χ1v) is 13.3. The van der Waals surface area contributed by atoms with Crippen LogP contribution in [-0.4, -0.2) is 32.4 Å². The molecule has 3 aromatic carbocycles. The van der Waals surface area contributed by atoms with E-state index in [-0.39, 0.29) is 12.6 Å². The second kappa shape index (κ2) is 15.9. The average molecular weight is 489 g/mol. The molecule has 0 aromatic heterocycles. The molecule has 0 bridgehead atoms. The summed E-state index contributed by atoms with van der Waals surface area (Å²) in [5.41, 5.74) is 2.43. The molecule has 3 rings (SSSR count). The third-order valence-corrected chi connectivity index (χ3v) is 6.31. The number of benzene rings is 3. The third-order valence-electron chi connectivity index (χ3n) is 6.31. The molecule has 4 heteroatoms. The van der Waals surface area contributed by atoms with E-state index in [4.69, 9.17) is 14.2 Å². The molecule has 192 valence electrons.